The Morgan fingerprint density at radius 2 is 1.60 bits per heavy atom. The van der Waals surface area contributed by atoms with Crippen molar-refractivity contribution in [3.63, 3.8) is 0 Å². The lowest BCUT2D eigenvalue weighted by Gasteiger charge is -2.20. The second-order valence-corrected chi connectivity index (χ2v) is 9.00. The van der Waals surface area contributed by atoms with E-state index in [0.717, 1.165) is 0 Å². The van der Waals surface area contributed by atoms with Crippen LogP contribution in [0.5, 0.6) is 40.2 Å². The number of nitrogens with one attached hydrogen (secondary N) is 1. The molecule has 3 heterocycles. The van der Waals surface area contributed by atoms with Crippen molar-refractivity contribution >= 4 is 22.6 Å². The van der Waals surface area contributed by atoms with Crippen LogP contribution < -0.4 is 44.1 Å². The molecule has 0 bridgehead atoms. The molecule has 0 saturated carbocycles. The van der Waals surface area contributed by atoms with Gasteiger partial charge in [-0.15, -0.1) is 0 Å². The Labute approximate surface area is 228 Å². The maximum Gasteiger partial charge on any atom is 0.344 e. The zero-order chi connectivity index (χ0) is 28.0. The van der Waals surface area contributed by atoms with Crippen LogP contribution in [0, 0.1) is 0 Å². The molecular weight excluding hydrogens is 522 g/mol. The molecule has 1 amide bonds. The van der Waals surface area contributed by atoms with E-state index in [9.17, 15) is 9.59 Å². The highest BCUT2D eigenvalue weighted by molar-refractivity contribution is 5.98. The van der Waals surface area contributed by atoms with Gasteiger partial charge in [-0.05, 0) is 29.8 Å². The van der Waals surface area contributed by atoms with Crippen LogP contribution in [0.2, 0.25) is 0 Å². The molecule has 0 aliphatic carbocycles. The molecule has 11 nitrogen and oxygen atoms in total. The fourth-order valence-electron chi connectivity index (χ4n) is 5.12. The molecule has 2 aliphatic rings. The molecule has 0 spiro atoms. The van der Waals surface area contributed by atoms with E-state index in [0.29, 0.717) is 56.7 Å². The monoisotopic (exact) mass is 547 g/mol. The number of ether oxygens (including phenoxy) is 7. The zero-order valence-electron chi connectivity index (χ0n) is 22.1. The van der Waals surface area contributed by atoms with E-state index < -0.39 is 23.6 Å². The summed E-state index contributed by atoms with van der Waals surface area (Å²) in [5.74, 6) is 1.25. The molecule has 1 aromatic heterocycles. The minimum atomic E-state index is -1.16. The molecule has 206 valence electrons. The Morgan fingerprint density at radius 1 is 0.875 bits per heavy atom. The maximum absolute atomic E-state index is 13.9. The number of hydrogen-bond acceptors (Lipinski definition) is 10. The summed E-state index contributed by atoms with van der Waals surface area (Å²) in [6.07, 6.45) is -1.16. The summed E-state index contributed by atoms with van der Waals surface area (Å²) in [5, 5.41) is 3.44. The molecule has 3 aromatic carbocycles. The molecule has 6 rings (SSSR count). The lowest BCUT2D eigenvalue weighted by molar-refractivity contribution is -0.122. The zero-order valence-corrected chi connectivity index (χ0v) is 22.1. The number of rotatable bonds is 7. The lowest BCUT2D eigenvalue weighted by atomic mass is 9.87. The lowest BCUT2D eigenvalue weighted by Crippen LogP contribution is -2.35. The van der Waals surface area contributed by atoms with Gasteiger partial charge in [0.05, 0.1) is 45.3 Å². The summed E-state index contributed by atoms with van der Waals surface area (Å²) in [6, 6.07) is 13.6. The predicted molar refractivity (Wildman–Crippen MR) is 143 cm³/mol. The second kappa shape index (κ2) is 9.92. The summed E-state index contributed by atoms with van der Waals surface area (Å²) in [7, 11) is 5.94. The van der Waals surface area contributed by atoms with Crippen LogP contribution in [0.3, 0.4) is 0 Å². The minimum absolute atomic E-state index is 0.0186. The van der Waals surface area contributed by atoms with Crippen molar-refractivity contribution < 1.29 is 42.4 Å². The van der Waals surface area contributed by atoms with Gasteiger partial charge in [0.2, 0.25) is 18.3 Å². The quantitative estimate of drug-likeness (QED) is 0.338. The highest BCUT2D eigenvalue weighted by Crippen LogP contribution is 2.49. The fraction of sp³-hybridized carbons (Fsp3) is 0.241. The van der Waals surface area contributed by atoms with E-state index >= 15 is 0 Å². The normalized spacial score (nSPS) is 16.7. The van der Waals surface area contributed by atoms with Crippen LogP contribution >= 0.6 is 0 Å². The van der Waals surface area contributed by atoms with Gasteiger partial charge in [-0.25, -0.2) is 4.79 Å². The van der Waals surface area contributed by atoms with Crippen LogP contribution in [-0.2, 0) is 4.79 Å². The number of methoxy groups -OCH3 is 4. The van der Waals surface area contributed by atoms with Gasteiger partial charge in [-0.3, -0.25) is 4.79 Å². The number of fused-ring (bicyclic) bond motifs is 4. The Bertz CT molecular complexity index is 1670. The summed E-state index contributed by atoms with van der Waals surface area (Å²) >= 11 is 0. The topological polar surface area (TPSA) is 124 Å². The van der Waals surface area contributed by atoms with Gasteiger partial charge < -0.3 is 42.9 Å². The summed E-state index contributed by atoms with van der Waals surface area (Å²) < 4.78 is 44.8. The van der Waals surface area contributed by atoms with Gasteiger partial charge in [0.25, 0.3) is 5.91 Å². The first kappa shape index (κ1) is 25.2. The van der Waals surface area contributed by atoms with Crippen LogP contribution in [0.15, 0.2) is 57.7 Å². The first-order valence-corrected chi connectivity index (χ1v) is 12.3. The largest absolute Gasteiger partial charge is 0.493 e. The van der Waals surface area contributed by atoms with Crippen molar-refractivity contribution in [1.29, 1.82) is 0 Å². The van der Waals surface area contributed by atoms with Crippen molar-refractivity contribution in [2.75, 3.05) is 40.5 Å². The fourth-order valence-corrected chi connectivity index (χ4v) is 5.12. The average molecular weight is 548 g/mol. The SMILES string of the molecule is COc1cc(NC(=O)C2Oc3c(c(=O)oc4ccccc34)C2c2cc(OC)c3c(c2)OCO3)cc(OC)c1OC. The van der Waals surface area contributed by atoms with Crippen molar-refractivity contribution in [3.8, 4) is 40.2 Å². The number of benzene rings is 3. The van der Waals surface area contributed by atoms with Crippen molar-refractivity contribution in [2.45, 2.75) is 12.0 Å². The molecule has 1 N–H and O–H groups in total. The molecule has 2 atom stereocenters. The molecular formula is C29H25NO10. The Hall–Kier alpha value is -5.06. The van der Waals surface area contributed by atoms with E-state index in [1.807, 2.05) is 0 Å². The molecule has 11 heteroatoms. The van der Waals surface area contributed by atoms with E-state index in [1.54, 1.807) is 48.5 Å². The third kappa shape index (κ3) is 3.98. The van der Waals surface area contributed by atoms with Gasteiger partial charge in [0.1, 0.15) is 11.3 Å². The van der Waals surface area contributed by atoms with Gasteiger partial charge >= 0.3 is 5.63 Å². The number of carbonyl (C=O) groups is 1. The highest BCUT2D eigenvalue weighted by atomic mass is 16.7. The van der Waals surface area contributed by atoms with E-state index in [1.165, 1.54) is 28.4 Å². The Balaban J connectivity index is 1.48. The maximum atomic E-state index is 13.9. The molecule has 0 fully saturated rings. The van der Waals surface area contributed by atoms with Crippen LogP contribution in [0.4, 0.5) is 5.69 Å². The van der Waals surface area contributed by atoms with E-state index in [4.69, 9.17) is 37.6 Å². The number of anilines is 1. The van der Waals surface area contributed by atoms with E-state index in [2.05, 4.69) is 5.32 Å². The molecule has 40 heavy (non-hydrogen) atoms. The second-order valence-electron chi connectivity index (χ2n) is 9.00. The third-order valence-electron chi connectivity index (χ3n) is 6.89. The molecule has 2 unspecified atom stereocenters. The van der Waals surface area contributed by atoms with Crippen molar-refractivity contribution in [2.24, 2.45) is 0 Å². The van der Waals surface area contributed by atoms with Crippen molar-refractivity contribution in [1.82, 2.24) is 0 Å². The first-order valence-electron chi connectivity index (χ1n) is 12.3. The van der Waals surface area contributed by atoms with Gasteiger partial charge in [-0.2, -0.15) is 0 Å². The highest BCUT2D eigenvalue weighted by Gasteiger charge is 2.45. The first-order chi connectivity index (χ1) is 19.5. The molecule has 2 aliphatic heterocycles. The van der Waals surface area contributed by atoms with Gasteiger partial charge in [0.15, 0.2) is 29.1 Å². The van der Waals surface area contributed by atoms with Crippen LogP contribution in [-0.4, -0.2) is 47.2 Å². The number of amides is 1. The summed E-state index contributed by atoms with van der Waals surface area (Å²) in [4.78, 5) is 27.2. The van der Waals surface area contributed by atoms with Gasteiger partial charge in [0, 0.05) is 17.8 Å². The molecule has 0 saturated heterocycles. The minimum Gasteiger partial charge on any atom is -0.493 e. The summed E-state index contributed by atoms with van der Waals surface area (Å²) in [5.41, 5.74) is 0.868. The third-order valence-corrected chi connectivity index (χ3v) is 6.89. The smallest absolute Gasteiger partial charge is 0.344 e. The van der Waals surface area contributed by atoms with Crippen LogP contribution in [0.1, 0.15) is 17.0 Å². The van der Waals surface area contributed by atoms with Crippen molar-refractivity contribution in [3.05, 3.63) is 70.1 Å². The standard InChI is InChI=1S/C29H25NO10/c1-33-18-9-14(10-21-26(18)38-13-37-21)22-23-24(16-7-5-6-8-17(16)39-29(23)32)40-27(22)28(31)30-15-11-19(34-2)25(36-4)20(12-15)35-3/h5-12,22,27H,13H2,1-4H3,(H,30,31). The predicted octanol–water partition coefficient (Wildman–Crippen LogP) is 4.09. The Morgan fingerprint density at radius 3 is 2.30 bits per heavy atom. The summed E-state index contributed by atoms with van der Waals surface area (Å²) in [6.45, 7) is 0.0186. The van der Waals surface area contributed by atoms with Gasteiger partial charge in [-0.1, -0.05) is 12.1 Å². The Kier molecular flexibility index (Phi) is 6.25. The number of hydrogen-bond donors (Lipinski definition) is 1. The average Bonchev–Trinajstić information content (AvgIpc) is 3.62. The number of carbonyl (C=O) groups excluding carboxylic acids is 1. The molecule has 0 radical (unpaired) electrons. The molecule has 4 aromatic rings. The van der Waals surface area contributed by atoms with E-state index in [-0.39, 0.29) is 18.1 Å². The van der Waals surface area contributed by atoms with Crippen LogP contribution in [0.25, 0.3) is 11.0 Å². The number of para-hydroxylation sites is 1.